The molecule has 0 bridgehead atoms. The molecule has 0 radical (unpaired) electrons. The van der Waals surface area contributed by atoms with E-state index in [0.717, 1.165) is 11.1 Å². The molecule has 2 aromatic rings. The molecule has 0 aliphatic rings. The van der Waals surface area contributed by atoms with Gasteiger partial charge in [0.2, 0.25) is 0 Å². The van der Waals surface area contributed by atoms with Crippen LogP contribution in [0.5, 0.6) is 0 Å². The van der Waals surface area contributed by atoms with Crippen molar-refractivity contribution in [3.05, 3.63) is 51.8 Å². The van der Waals surface area contributed by atoms with Gasteiger partial charge in [-0.3, -0.25) is 9.78 Å². The molecule has 2 rings (SSSR count). The fourth-order valence-electron chi connectivity index (χ4n) is 1.73. The molecule has 0 aromatic carbocycles. The van der Waals surface area contributed by atoms with E-state index in [2.05, 4.69) is 20.3 Å². The van der Waals surface area contributed by atoms with Crippen molar-refractivity contribution in [3.8, 4) is 0 Å². The molecule has 100 valence electrons. The van der Waals surface area contributed by atoms with Crippen LogP contribution in [-0.2, 0) is 6.54 Å². The molecular weight excluding hydrogens is 240 g/mol. The SMILES string of the molecule is Cc1cnccc1CNc1cc(=O)[nH]c(C(C)C)n1. The van der Waals surface area contributed by atoms with Crippen LogP contribution in [0, 0.1) is 6.92 Å². The van der Waals surface area contributed by atoms with Crippen LogP contribution in [-0.4, -0.2) is 15.0 Å². The number of hydrogen-bond acceptors (Lipinski definition) is 4. The third kappa shape index (κ3) is 3.40. The average molecular weight is 258 g/mol. The first-order chi connectivity index (χ1) is 9.06. The predicted octanol–water partition coefficient (Wildman–Crippen LogP) is 2.21. The molecular formula is C14H18N4O. The molecule has 2 aromatic heterocycles. The topological polar surface area (TPSA) is 70.7 Å². The molecule has 0 aliphatic heterocycles. The summed E-state index contributed by atoms with van der Waals surface area (Å²) in [6.07, 6.45) is 3.58. The van der Waals surface area contributed by atoms with E-state index >= 15 is 0 Å². The molecule has 0 amide bonds. The van der Waals surface area contributed by atoms with Crippen LogP contribution in [0.15, 0.2) is 29.3 Å². The molecule has 5 nitrogen and oxygen atoms in total. The van der Waals surface area contributed by atoms with E-state index in [4.69, 9.17) is 0 Å². The molecule has 2 N–H and O–H groups in total. The van der Waals surface area contributed by atoms with Crippen molar-refractivity contribution in [1.29, 1.82) is 0 Å². The zero-order chi connectivity index (χ0) is 13.8. The van der Waals surface area contributed by atoms with Crippen LogP contribution in [0.3, 0.4) is 0 Å². The Morgan fingerprint density at radius 1 is 1.42 bits per heavy atom. The molecule has 0 saturated heterocycles. The number of aryl methyl sites for hydroxylation is 1. The number of H-pyrrole nitrogens is 1. The van der Waals surface area contributed by atoms with Crippen molar-refractivity contribution in [1.82, 2.24) is 15.0 Å². The summed E-state index contributed by atoms with van der Waals surface area (Å²) in [5, 5.41) is 3.18. The largest absolute Gasteiger partial charge is 0.366 e. The van der Waals surface area contributed by atoms with E-state index in [-0.39, 0.29) is 11.5 Å². The van der Waals surface area contributed by atoms with Crippen LogP contribution in [0.1, 0.15) is 36.7 Å². The van der Waals surface area contributed by atoms with Crippen molar-refractivity contribution in [3.63, 3.8) is 0 Å². The maximum absolute atomic E-state index is 11.5. The zero-order valence-electron chi connectivity index (χ0n) is 11.4. The van der Waals surface area contributed by atoms with Crippen LogP contribution in [0.4, 0.5) is 5.82 Å². The summed E-state index contributed by atoms with van der Waals surface area (Å²) in [7, 11) is 0. The summed E-state index contributed by atoms with van der Waals surface area (Å²) in [4.78, 5) is 22.7. The molecule has 0 atom stereocenters. The van der Waals surface area contributed by atoms with E-state index in [9.17, 15) is 4.79 Å². The zero-order valence-corrected chi connectivity index (χ0v) is 11.4. The van der Waals surface area contributed by atoms with Gasteiger partial charge >= 0.3 is 0 Å². The van der Waals surface area contributed by atoms with Gasteiger partial charge in [-0.2, -0.15) is 0 Å². The van der Waals surface area contributed by atoms with Crippen LogP contribution in [0.25, 0.3) is 0 Å². The number of pyridine rings is 1. The fourth-order valence-corrected chi connectivity index (χ4v) is 1.73. The van der Waals surface area contributed by atoms with Gasteiger partial charge in [0, 0.05) is 30.9 Å². The molecule has 0 spiro atoms. The molecule has 0 unspecified atom stereocenters. The van der Waals surface area contributed by atoms with Gasteiger partial charge in [0.25, 0.3) is 5.56 Å². The van der Waals surface area contributed by atoms with Gasteiger partial charge in [-0.25, -0.2) is 4.98 Å². The second-order valence-corrected chi connectivity index (χ2v) is 4.83. The lowest BCUT2D eigenvalue weighted by molar-refractivity contribution is 0.766. The highest BCUT2D eigenvalue weighted by molar-refractivity contribution is 5.36. The number of nitrogens with zero attached hydrogens (tertiary/aromatic N) is 2. The van der Waals surface area contributed by atoms with Gasteiger partial charge < -0.3 is 10.3 Å². The Morgan fingerprint density at radius 3 is 2.89 bits per heavy atom. The van der Waals surface area contributed by atoms with Gasteiger partial charge in [-0.15, -0.1) is 0 Å². The van der Waals surface area contributed by atoms with Crippen LogP contribution >= 0.6 is 0 Å². The number of anilines is 1. The molecule has 19 heavy (non-hydrogen) atoms. The number of nitrogens with one attached hydrogen (secondary N) is 2. The van der Waals surface area contributed by atoms with E-state index in [1.54, 1.807) is 6.20 Å². The maximum Gasteiger partial charge on any atom is 0.252 e. The Morgan fingerprint density at radius 2 is 2.21 bits per heavy atom. The lowest BCUT2D eigenvalue weighted by atomic mass is 10.1. The Kier molecular flexibility index (Phi) is 3.94. The minimum atomic E-state index is -0.132. The summed E-state index contributed by atoms with van der Waals surface area (Å²) in [5.74, 6) is 1.49. The number of aromatic nitrogens is 3. The van der Waals surface area contributed by atoms with Crippen LogP contribution in [0.2, 0.25) is 0 Å². The summed E-state index contributed by atoms with van der Waals surface area (Å²) >= 11 is 0. The van der Waals surface area contributed by atoms with E-state index < -0.39 is 0 Å². The van der Waals surface area contributed by atoms with Crippen molar-refractivity contribution >= 4 is 5.82 Å². The highest BCUT2D eigenvalue weighted by Crippen LogP contribution is 2.11. The van der Waals surface area contributed by atoms with Gasteiger partial charge in [0.15, 0.2) is 0 Å². The lowest BCUT2D eigenvalue weighted by Gasteiger charge is -2.10. The Bertz CT molecular complexity index is 619. The standard InChI is InChI=1S/C14H18N4O/c1-9(2)14-17-12(6-13(19)18-14)16-8-11-4-5-15-7-10(11)3/h4-7,9H,8H2,1-3H3,(H2,16,17,18,19). The summed E-state index contributed by atoms with van der Waals surface area (Å²) < 4.78 is 0. The maximum atomic E-state index is 11.5. The second-order valence-electron chi connectivity index (χ2n) is 4.83. The minimum Gasteiger partial charge on any atom is -0.366 e. The second kappa shape index (κ2) is 5.65. The van der Waals surface area contributed by atoms with E-state index in [0.29, 0.717) is 18.2 Å². The predicted molar refractivity (Wildman–Crippen MR) is 75.2 cm³/mol. The third-order valence-corrected chi connectivity index (χ3v) is 2.90. The Balaban J connectivity index is 2.16. The number of rotatable bonds is 4. The van der Waals surface area contributed by atoms with Gasteiger partial charge in [-0.1, -0.05) is 13.8 Å². The Hall–Kier alpha value is -2.17. The Labute approximate surface area is 112 Å². The molecule has 0 aliphatic carbocycles. The van der Waals surface area contributed by atoms with E-state index in [1.165, 1.54) is 6.07 Å². The summed E-state index contributed by atoms with van der Waals surface area (Å²) in [6.45, 7) is 6.63. The van der Waals surface area contributed by atoms with Crippen molar-refractivity contribution in [2.45, 2.75) is 33.2 Å². The normalized spacial score (nSPS) is 10.7. The van der Waals surface area contributed by atoms with Crippen LogP contribution < -0.4 is 10.9 Å². The minimum absolute atomic E-state index is 0.132. The van der Waals surface area contributed by atoms with Crippen molar-refractivity contribution in [2.75, 3.05) is 5.32 Å². The van der Waals surface area contributed by atoms with Gasteiger partial charge in [0.1, 0.15) is 11.6 Å². The average Bonchev–Trinajstić information content (AvgIpc) is 2.37. The highest BCUT2D eigenvalue weighted by Gasteiger charge is 2.05. The first-order valence-electron chi connectivity index (χ1n) is 6.31. The number of aromatic amines is 1. The quantitative estimate of drug-likeness (QED) is 0.882. The molecule has 5 heteroatoms. The third-order valence-electron chi connectivity index (χ3n) is 2.90. The van der Waals surface area contributed by atoms with E-state index in [1.807, 2.05) is 33.0 Å². The first kappa shape index (κ1) is 13.3. The lowest BCUT2D eigenvalue weighted by Crippen LogP contribution is -2.14. The highest BCUT2D eigenvalue weighted by atomic mass is 16.1. The number of hydrogen-bond donors (Lipinski definition) is 2. The summed E-state index contributed by atoms with van der Waals surface area (Å²) in [6, 6.07) is 3.43. The van der Waals surface area contributed by atoms with Gasteiger partial charge in [0.05, 0.1) is 0 Å². The molecule has 0 saturated carbocycles. The van der Waals surface area contributed by atoms with Gasteiger partial charge in [-0.05, 0) is 24.1 Å². The first-order valence-corrected chi connectivity index (χ1v) is 6.31. The molecule has 0 fully saturated rings. The smallest absolute Gasteiger partial charge is 0.252 e. The summed E-state index contributed by atoms with van der Waals surface area (Å²) in [5.41, 5.74) is 2.12. The fraction of sp³-hybridized carbons (Fsp3) is 0.357. The van der Waals surface area contributed by atoms with Crippen molar-refractivity contribution in [2.24, 2.45) is 0 Å². The monoisotopic (exact) mass is 258 g/mol. The molecule has 2 heterocycles. The van der Waals surface area contributed by atoms with Crippen molar-refractivity contribution < 1.29 is 0 Å².